The molecule has 0 saturated heterocycles. The normalized spacial score (nSPS) is 12.4. The van der Waals surface area contributed by atoms with Crippen LogP contribution >= 0.6 is 0 Å². The van der Waals surface area contributed by atoms with Gasteiger partial charge in [-0.1, -0.05) is 25.1 Å². The molecule has 106 valence electrons. The van der Waals surface area contributed by atoms with Crippen LogP contribution in [0.3, 0.4) is 0 Å². The van der Waals surface area contributed by atoms with Crippen molar-refractivity contribution in [2.75, 3.05) is 25.0 Å². The van der Waals surface area contributed by atoms with Crippen LogP contribution in [0.25, 0.3) is 0 Å². The fourth-order valence-electron chi connectivity index (χ4n) is 1.99. The van der Waals surface area contributed by atoms with E-state index in [1.165, 1.54) is 0 Å². The van der Waals surface area contributed by atoms with Gasteiger partial charge < -0.3 is 10.4 Å². The van der Waals surface area contributed by atoms with Gasteiger partial charge in [-0.25, -0.2) is 0 Å². The molecular formula is C15H24N2O2. The van der Waals surface area contributed by atoms with E-state index < -0.39 is 0 Å². The van der Waals surface area contributed by atoms with E-state index in [4.69, 9.17) is 5.11 Å². The van der Waals surface area contributed by atoms with Crippen LogP contribution in [0.4, 0.5) is 5.69 Å². The first-order chi connectivity index (χ1) is 9.19. The molecule has 4 heteroatoms. The van der Waals surface area contributed by atoms with Crippen molar-refractivity contribution in [2.24, 2.45) is 0 Å². The number of aliphatic hydroxyl groups is 1. The Balaban J connectivity index is 2.57. The highest BCUT2D eigenvalue weighted by Crippen LogP contribution is 2.09. The summed E-state index contributed by atoms with van der Waals surface area (Å²) in [5.41, 5.74) is 0.818. The largest absolute Gasteiger partial charge is 0.396 e. The maximum Gasteiger partial charge on any atom is 0.241 e. The average molecular weight is 264 g/mol. The van der Waals surface area contributed by atoms with Crippen LogP contribution in [-0.2, 0) is 4.79 Å². The Kier molecular flexibility index (Phi) is 7.15. The maximum atomic E-state index is 12.2. The third-order valence-electron chi connectivity index (χ3n) is 3.08. The minimum absolute atomic E-state index is 0.00223. The number of hydrogen-bond acceptors (Lipinski definition) is 3. The van der Waals surface area contributed by atoms with Gasteiger partial charge in [0.25, 0.3) is 0 Å². The molecule has 0 radical (unpaired) electrons. The van der Waals surface area contributed by atoms with Gasteiger partial charge in [-0.2, -0.15) is 0 Å². The van der Waals surface area contributed by atoms with Gasteiger partial charge >= 0.3 is 0 Å². The number of amides is 1. The monoisotopic (exact) mass is 264 g/mol. The molecule has 1 rings (SSSR count). The van der Waals surface area contributed by atoms with E-state index in [9.17, 15) is 4.79 Å². The molecule has 1 aromatic rings. The van der Waals surface area contributed by atoms with E-state index >= 15 is 0 Å². The van der Waals surface area contributed by atoms with Crippen LogP contribution in [0.2, 0.25) is 0 Å². The lowest BCUT2D eigenvalue weighted by atomic mass is 10.2. The molecule has 0 fully saturated rings. The van der Waals surface area contributed by atoms with Crippen molar-refractivity contribution in [2.45, 2.75) is 32.7 Å². The topological polar surface area (TPSA) is 52.6 Å². The fourth-order valence-corrected chi connectivity index (χ4v) is 1.99. The summed E-state index contributed by atoms with van der Waals surface area (Å²) >= 11 is 0. The number of aliphatic hydroxyl groups excluding tert-OH is 1. The number of carbonyl (C=O) groups is 1. The van der Waals surface area contributed by atoms with E-state index in [0.29, 0.717) is 6.42 Å². The van der Waals surface area contributed by atoms with E-state index in [1.807, 2.05) is 37.3 Å². The van der Waals surface area contributed by atoms with Crippen LogP contribution < -0.4 is 5.32 Å². The molecule has 0 heterocycles. The Bertz CT molecular complexity index is 368. The molecule has 0 spiro atoms. The zero-order valence-corrected chi connectivity index (χ0v) is 11.8. The fraction of sp³-hybridized carbons (Fsp3) is 0.533. The zero-order chi connectivity index (χ0) is 14.1. The van der Waals surface area contributed by atoms with Crippen molar-refractivity contribution in [1.29, 1.82) is 0 Å². The molecule has 0 aliphatic carbocycles. The molecular weight excluding hydrogens is 240 g/mol. The zero-order valence-electron chi connectivity index (χ0n) is 11.8. The van der Waals surface area contributed by atoms with Crippen molar-refractivity contribution in [3.8, 4) is 0 Å². The van der Waals surface area contributed by atoms with Crippen molar-refractivity contribution in [3.05, 3.63) is 30.3 Å². The number of anilines is 1. The lowest BCUT2D eigenvalue weighted by Crippen LogP contribution is -2.43. The van der Waals surface area contributed by atoms with Crippen LogP contribution in [-0.4, -0.2) is 41.7 Å². The van der Waals surface area contributed by atoms with Crippen molar-refractivity contribution >= 4 is 11.6 Å². The average Bonchev–Trinajstić information content (AvgIpc) is 2.43. The number of para-hydroxylation sites is 1. The molecule has 1 unspecified atom stereocenters. The van der Waals surface area contributed by atoms with Crippen LogP contribution in [0, 0.1) is 0 Å². The number of carbonyl (C=O) groups excluding carboxylic acids is 1. The van der Waals surface area contributed by atoms with Gasteiger partial charge in [0.1, 0.15) is 0 Å². The molecule has 0 saturated carbocycles. The molecule has 1 aromatic carbocycles. The third kappa shape index (κ3) is 5.41. The standard InChI is InChI=1S/C15H24N2O2/c1-3-10-17(11-7-12-18)13(2)15(19)16-14-8-5-4-6-9-14/h4-6,8-9,13,18H,3,7,10-12H2,1-2H3,(H,16,19). The van der Waals surface area contributed by atoms with E-state index in [0.717, 1.165) is 25.2 Å². The summed E-state index contributed by atoms with van der Waals surface area (Å²) in [6, 6.07) is 9.28. The van der Waals surface area contributed by atoms with Crippen molar-refractivity contribution in [3.63, 3.8) is 0 Å². The molecule has 0 aromatic heterocycles. The summed E-state index contributed by atoms with van der Waals surface area (Å²) in [5, 5.41) is 11.8. The van der Waals surface area contributed by atoms with E-state index in [2.05, 4.69) is 17.1 Å². The second-order valence-electron chi connectivity index (χ2n) is 4.64. The Hall–Kier alpha value is -1.39. The number of hydrogen-bond donors (Lipinski definition) is 2. The van der Waals surface area contributed by atoms with Gasteiger partial charge in [0.15, 0.2) is 0 Å². The van der Waals surface area contributed by atoms with E-state index in [1.54, 1.807) is 0 Å². The van der Waals surface area contributed by atoms with Gasteiger partial charge in [-0.15, -0.1) is 0 Å². The van der Waals surface area contributed by atoms with Gasteiger partial charge in [-0.05, 0) is 38.4 Å². The Morgan fingerprint density at radius 2 is 2.00 bits per heavy atom. The molecule has 2 N–H and O–H groups in total. The van der Waals surface area contributed by atoms with Crippen molar-refractivity contribution in [1.82, 2.24) is 4.90 Å². The first-order valence-electron chi connectivity index (χ1n) is 6.89. The third-order valence-corrected chi connectivity index (χ3v) is 3.08. The molecule has 1 amide bonds. The number of benzene rings is 1. The Morgan fingerprint density at radius 1 is 1.32 bits per heavy atom. The first-order valence-corrected chi connectivity index (χ1v) is 6.89. The molecule has 0 aliphatic heterocycles. The van der Waals surface area contributed by atoms with Gasteiger partial charge in [0, 0.05) is 18.8 Å². The minimum Gasteiger partial charge on any atom is -0.396 e. The predicted molar refractivity (Wildman–Crippen MR) is 78.1 cm³/mol. The summed E-state index contributed by atoms with van der Waals surface area (Å²) in [7, 11) is 0. The molecule has 0 aliphatic rings. The highest BCUT2D eigenvalue weighted by Gasteiger charge is 2.20. The van der Waals surface area contributed by atoms with Crippen molar-refractivity contribution < 1.29 is 9.90 Å². The van der Waals surface area contributed by atoms with Gasteiger partial charge in [0.2, 0.25) is 5.91 Å². The summed E-state index contributed by atoms with van der Waals surface area (Å²) in [6.45, 7) is 5.77. The quantitative estimate of drug-likeness (QED) is 0.756. The van der Waals surface area contributed by atoms with Crippen LogP contribution in [0.5, 0.6) is 0 Å². The van der Waals surface area contributed by atoms with E-state index in [-0.39, 0.29) is 18.6 Å². The lowest BCUT2D eigenvalue weighted by Gasteiger charge is -2.27. The highest BCUT2D eigenvalue weighted by atomic mass is 16.3. The minimum atomic E-state index is -0.188. The first kappa shape index (κ1) is 15.7. The highest BCUT2D eigenvalue weighted by molar-refractivity contribution is 5.94. The van der Waals surface area contributed by atoms with Gasteiger partial charge in [0.05, 0.1) is 6.04 Å². The molecule has 4 nitrogen and oxygen atoms in total. The molecule has 0 bridgehead atoms. The summed E-state index contributed by atoms with van der Waals surface area (Å²) in [4.78, 5) is 14.3. The molecule has 19 heavy (non-hydrogen) atoms. The number of rotatable bonds is 8. The lowest BCUT2D eigenvalue weighted by molar-refractivity contribution is -0.120. The summed E-state index contributed by atoms with van der Waals surface area (Å²) < 4.78 is 0. The van der Waals surface area contributed by atoms with Crippen LogP contribution in [0.15, 0.2) is 30.3 Å². The van der Waals surface area contributed by atoms with Crippen LogP contribution in [0.1, 0.15) is 26.7 Å². The summed E-state index contributed by atoms with van der Waals surface area (Å²) in [6.07, 6.45) is 1.69. The Labute approximate surface area is 115 Å². The number of nitrogens with one attached hydrogen (secondary N) is 1. The predicted octanol–water partition coefficient (Wildman–Crippen LogP) is 2.11. The second kappa shape index (κ2) is 8.67. The summed E-state index contributed by atoms with van der Waals surface area (Å²) in [5.74, 6) is -0.00223. The smallest absolute Gasteiger partial charge is 0.241 e. The molecule has 1 atom stereocenters. The second-order valence-corrected chi connectivity index (χ2v) is 4.64. The number of nitrogens with zero attached hydrogens (tertiary/aromatic N) is 1. The van der Waals surface area contributed by atoms with Gasteiger partial charge in [-0.3, -0.25) is 9.69 Å². The SMILES string of the molecule is CCCN(CCCO)C(C)C(=O)Nc1ccccc1. The Morgan fingerprint density at radius 3 is 2.58 bits per heavy atom. The maximum absolute atomic E-state index is 12.2.